The molecule has 0 aliphatic heterocycles. The van der Waals surface area contributed by atoms with E-state index in [9.17, 15) is 4.79 Å². The Labute approximate surface area is 131 Å². The average molecular weight is 386 g/mol. The summed E-state index contributed by atoms with van der Waals surface area (Å²) in [6.07, 6.45) is 0. The fourth-order valence-corrected chi connectivity index (χ4v) is 2.41. The number of carbonyl (C=O) groups is 1. The van der Waals surface area contributed by atoms with Crippen molar-refractivity contribution in [2.75, 3.05) is 0 Å². The Morgan fingerprint density at radius 1 is 1.21 bits per heavy atom. The normalized spacial score (nSPS) is 11.9. The van der Waals surface area contributed by atoms with Gasteiger partial charge in [0.1, 0.15) is 0 Å². The molecular weight excluding hydrogens is 373 g/mol. The van der Waals surface area contributed by atoms with E-state index in [0.717, 1.165) is 9.13 Å². The molecule has 0 spiro atoms. The zero-order valence-corrected chi connectivity index (χ0v) is 13.3. The van der Waals surface area contributed by atoms with Crippen LogP contribution in [0.25, 0.3) is 0 Å². The molecule has 0 aliphatic carbocycles. The highest BCUT2D eigenvalue weighted by molar-refractivity contribution is 14.1. The largest absolute Gasteiger partial charge is 0.346 e. The average Bonchev–Trinajstić information content (AvgIpc) is 2.39. The minimum atomic E-state index is -0.0685. The van der Waals surface area contributed by atoms with Gasteiger partial charge in [-0.15, -0.1) is 0 Å². The van der Waals surface area contributed by atoms with Gasteiger partial charge < -0.3 is 5.32 Å². The Bertz CT molecular complexity index is 583. The summed E-state index contributed by atoms with van der Waals surface area (Å²) in [5, 5.41) is 3.67. The van der Waals surface area contributed by atoms with Gasteiger partial charge in [0.15, 0.2) is 0 Å². The number of nitrogens with one attached hydrogen (secondary N) is 1. The van der Waals surface area contributed by atoms with Crippen LogP contribution >= 0.6 is 34.2 Å². The first-order chi connectivity index (χ1) is 9.06. The Balaban J connectivity index is 2.08. The molecule has 0 aliphatic rings. The van der Waals surface area contributed by atoms with Gasteiger partial charge in [0, 0.05) is 14.2 Å². The zero-order chi connectivity index (χ0) is 13.8. The number of amides is 1. The topological polar surface area (TPSA) is 29.1 Å². The monoisotopic (exact) mass is 385 g/mol. The molecule has 1 atom stereocenters. The molecule has 2 aromatic rings. The standard InChI is InChI=1S/C15H13ClINO/c1-10(11-5-7-13(16)8-6-11)18-15(19)12-3-2-4-14(17)9-12/h2-10H,1H3,(H,18,19). The number of benzene rings is 2. The fraction of sp³-hybridized carbons (Fsp3) is 0.133. The van der Waals surface area contributed by atoms with E-state index in [1.807, 2.05) is 55.5 Å². The van der Waals surface area contributed by atoms with E-state index < -0.39 is 0 Å². The first-order valence-electron chi connectivity index (χ1n) is 5.88. The maximum atomic E-state index is 12.1. The van der Waals surface area contributed by atoms with Crippen LogP contribution in [0.15, 0.2) is 48.5 Å². The molecule has 2 nitrogen and oxygen atoms in total. The lowest BCUT2D eigenvalue weighted by Gasteiger charge is -2.14. The molecule has 2 aromatic carbocycles. The van der Waals surface area contributed by atoms with Crippen LogP contribution in [-0.2, 0) is 0 Å². The van der Waals surface area contributed by atoms with Crippen LogP contribution in [0.3, 0.4) is 0 Å². The Morgan fingerprint density at radius 3 is 2.53 bits per heavy atom. The lowest BCUT2D eigenvalue weighted by molar-refractivity contribution is 0.0940. The number of hydrogen-bond acceptors (Lipinski definition) is 1. The SMILES string of the molecule is CC(NC(=O)c1cccc(I)c1)c1ccc(Cl)cc1. The maximum absolute atomic E-state index is 12.1. The minimum absolute atomic E-state index is 0.0531. The number of hydrogen-bond donors (Lipinski definition) is 1. The summed E-state index contributed by atoms with van der Waals surface area (Å²) in [6.45, 7) is 1.95. The number of halogens is 2. The summed E-state index contributed by atoms with van der Waals surface area (Å²) in [4.78, 5) is 12.1. The van der Waals surface area contributed by atoms with Gasteiger partial charge in [-0.1, -0.05) is 29.8 Å². The van der Waals surface area contributed by atoms with E-state index in [1.165, 1.54) is 0 Å². The number of carbonyl (C=O) groups excluding carboxylic acids is 1. The molecule has 0 saturated heterocycles. The molecular formula is C15H13ClINO. The summed E-state index contributed by atoms with van der Waals surface area (Å²) in [7, 11) is 0. The molecule has 0 heterocycles. The van der Waals surface area contributed by atoms with Crippen LogP contribution in [0, 0.1) is 3.57 Å². The van der Waals surface area contributed by atoms with E-state index in [2.05, 4.69) is 27.9 Å². The highest BCUT2D eigenvalue weighted by Crippen LogP contribution is 2.17. The molecule has 19 heavy (non-hydrogen) atoms. The van der Waals surface area contributed by atoms with Crippen LogP contribution < -0.4 is 5.32 Å². The first kappa shape index (κ1) is 14.3. The highest BCUT2D eigenvalue weighted by Gasteiger charge is 2.11. The van der Waals surface area contributed by atoms with Crippen molar-refractivity contribution in [1.82, 2.24) is 5.32 Å². The predicted octanol–water partition coefficient (Wildman–Crippen LogP) is 4.44. The molecule has 0 saturated carbocycles. The van der Waals surface area contributed by atoms with Crippen molar-refractivity contribution in [1.29, 1.82) is 0 Å². The van der Waals surface area contributed by atoms with Gasteiger partial charge in [0.2, 0.25) is 0 Å². The molecule has 98 valence electrons. The minimum Gasteiger partial charge on any atom is -0.346 e. The lowest BCUT2D eigenvalue weighted by Crippen LogP contribution is -2.26. The summed E-state index contributed by atoms with van der Waals surface area (Å²) in [6, 6.07) is 14.9. The third kappa shape index (κ3) is 3.94. The van der Waals surface area contributed by atoms with Crippen molar-refractivity contribution >= 4 is 40.1 Å². The molecule has 0 bridgehead atoms. The molecule has 0 radical (unpaired) electrons. The van der Waals surface area contributed by atoms with Gasteiger partial charge >= 0.3 is 0 Å². The van der Waals surface area contributed by atoms with Crippen molar-refractivity contribution in [2.45, 2.75) is 13.0 Å². The van der Waals surface area contributed by atoms with E-state index in [0.29, 0.717) is 10.6 Å². The van der Waals surface area contributed by atoms with E-state index >= 15 is 0 Å². The van der Waals surface area contributed by atoms with Crippen LogP contribution in [0.5, 0.6) is 0 Å². The van der Waals surface area contributed by atoms with Crippen LogP contribution in [0.2, 0.25) is 5.02 Å². The van der Waals surface area contributed by atoms with E-state index in [-0.39, 0.29) is 11.9 Å². The Hall–Kier alpha value is -1.07. The van der Waals surface area contributed by atoms with Gasteiger partial charge in [-0.05, 0) is 65.4 Å². The highest BCUT2D eigenvalue weighted by atomic mass is 127. The van der Waals surface area contributed by atoms with Crippen molar-refractivity contribution < 1.29 is 4.79 Å². The molecule has 1 unspecified atom stereocenters. The Morgan fingerprint density at radius 2 is 1.89 bits per heavy atom. The second-order valence-electron chi connectivity index (χ2n) is 4.26. The molecule has 1 N–H and O–H groups in total. The smallest absolute Gasteiger partial charge is 0.251 e. The number of rotatable bonds is 3. The van der Waals surface area contributed by atoms with Crippen LogP contribution in [0.1, 0.15) is 28.9 Å². The lowest BCUT2D eigenvalue weighted by atomic mass is 10.1. The van der Waals surface area contributed by atoms with Crippen molar-refractivity contribution in [2.24, 2.45) is 0 Å². The third-order valence-corrected chi connectivity index (χ3v) is 3.73. The molecule has 0 fully saturated rings. The predicted molar refractivity (Wildman–Crippen MR) is 86.5 cm³/mol. The third-order valence-electron chi connectivity index (χ3n) is 2.80. The summed E-state index contributed by atoms with van der Waals surface area (Å²) >= 11 is 8.04. The Kier molecular flexibility index (Phi) is 4.82. The quantitative estimate of drug-likeness (QED) is 0.778. The summed E-state index contributed by atoms with van der Waals surface area (Å²) in [5.41, 5.74) is 1.70. The fourth-order valence-electron chi connectivity index (χ4n) is 1.74. The maximum Gasteiger partial charge on any atom is 0.251 e. The van der Waals surface area contributed by atoms with E-state index in [1.54, 1.807) is 0 Å². The summed E-state index contributed by atoms with van der Waals surface area (Å²) < 4.78 is 1.05. The molecule has 2 rings (SSSR count). The van der Waals surface area contributed by atoms with Crippen LogP contribution in [0.4, 0.5) is 0 Å². The second-order valence-corrected chi connectivity index (χ2v) is 5.94. The van der Waals surface area contributed by atoms with Crippen molar-refractivity contribution in [3.63, 3.8) is 0 Å². The van der Waals surface area contributed by atoms with Crippen LogP contribution in [-0.4, -0.2) is 5.91 Å². The van der Waals surface area contributed by atoms with Gasteiger partial charge in [-0.2, -0.15) is 0 Å². The van der Waals surface area contributed by atoms with Crippen molar-refractivity contribution in [3.8, 4) is 0 Å². The zero-order valence-electron chi connectivity index (χ0n) is 10.4. The van der Waals surface area contributed by atoms with Gasteiger partial charge in [0.25, 0.3) is 5.91 Å². The van der Waals surface area contributed by atoms with Gasteiger partial charge in [0.05, 0.1) is 6.04 Å². The molecule has 4 heteroatoms. The van der Waals surface area contributed by atoms with Gasteiger partial charge in [-0.3, -0.25) is 4.79 Å². The van der Waals surface area contributed by atoms with E-state index in [4.69, 9.17) is 11.6 Å². The second kappa shape index (κ2) is 6.39. The van der Waals surface area contributed by atoms with Crippen molar-refractivity contribution in [3.05, 3.63) is 68.3 Å². The summed E-state index contributed by atoms with van der Waals surface area (Å²) in [5.74, 6) is -0.0685. The van der Waals surface area contributed by atoms with Gasteiger partial charge in [-0.25, -0.2) is 0 Å². The first-order valence-corrected chi connectivity index (χ1v) is 7.34. The molecule has 0 aromatic heterocycles. The molecule has 1 amide bonds.